The molecule has 0 atom stereocenters. The van der Waals surface area contributed by atoms with Crippen molar-refractivity contribution in [2.45, 2.75) is 13.3 Å². The van der Waals surface area contributed by atoms with Crippen molar-refractivity contribution >= 4 is 23.2 Å². The van der Waals surface area contributed by atoms with E-state index in [2.05, 4.69) is 10.2 Å². The van der Waals surface area contributed by atoms with E-state index < -0.39 is 0 Å². The van der Waals surface area contributed by atoms with E-state index in [0.29, 0.717) is 13.0 Å². The minimum Gasteiger partial charge on any atom is -0.355 e. The van der Waals surface area contributed by atoms with Crippen LogP contribution >= 0.6 is 11.3 Å². The van der Waals surface area contributed by atoms with Crippen LogP contribution in [0.5, 0.6) is 0 Å². The Hall–Kier alpha value is -1.40. The summed E-state index contributed by atoms with van der Waals surface area (Å²) in [6.07, 6.45) is 0.531. The van der Waals surface area contributed by atoms with Crippen molar-refractivity contribution in [1.29, 1.82) is 0 Å². The molecule has 1 aromatic heterocycles. The minimum absolute atomic E-state index is 0.0940. The second kappa shape index (κ2) is 7.40. The molecule has 0 unspecified atom stereocenters. The summed E-state index contributed by atoms with van der Waals surface area (Å²) in [4.78, 5) is 28.3. The van der Waals surface area contributed by atoms with Gasteiger partial charge in [-0.3, -0.25) is 14.5 Å². The Morgan fingerprint density at radius 2 is 2.05 bits per heavy atom. The smallest absolute Gasteiger partial charge is 0.264 e. The highest BCUT2D eigenvalue weighted by Gasteiger charge is 2.22. The van der Waals surface area contributed by atoms with Crippen molar-refractivity contribution in [2.75, 3.05) is 39.3 Å². The number of nitrogens with one attached hydrogen (secondary N) is 1. The van der Waals surface area contributed by atoms with Crippen LogP contribution in [0.25, 0.3) is 0 Å². The van der Waals surface area contributed by atoms with Gasteiger partial charge in [-0.15, -0.1) is 11.3 Å². The molecule has 0 aromatic carbocycles. The molecule has 0 aliphatic carbocycles. The third-order valence-corrected chi connectivity index (χ3v) is 4.32. The second-order valence-corrected chi connectivity index (χ2v) is 5.76. The molecule has 0 bridgehead atoms. The van der Waals surface area contributed by atoms with Crippen LogP contribution in [0.3, 0.4) is 0 Å². The Kier molecular flexibility index (Phi) is 5.55. The summed E-state index contributed by atoms with van der Waals surface area (Å²) in [5, 5.41) is 4.81. The monoisotopic (exact) mass is 295 g/mol. The summed E-state index contributed by atoms with van der Waals surface area (Å²) in [5.74, 6) is 0.232. The van der Waals surface area contributed by atoms with E-state index in [9.17, 15) is 9.59 Å². The Morgan fingerprint density at radius 1 is 1.30 bits per heavy atom. The van der Waals surface area contributed by atoms with E-state index in [4.69, 9.17) is 0 Å². The maximum absolute atomic E-state index is 12.2. The van der Waals surface area contributed by atoms with E-state index in [0.717, 1.165) is 37.6 Å². The lowest BCUT2D eigenvalue weighted by Gasteiger charge is -2.34. The van der Waals surface area contributed by atoms with Gasteiger partial charge in [0.25, 0.3) is 5.91 Å². The molecule has 1 aromatic rings. The molecule has 0 spiro atoms. The maximum Gasteiger partial charge on any atom is 0.264 e. The first kappa shape index (κ1) is 15.0. The van der Waals surface area contributed by atoms with Gasteiger partial charge in [-0.25, -0.2) is 0 Å². The number of carbonyl (C=O) groups excluding carboxylic acids is 2. The zero-order chi connectivity index (χ0) is 14.4. The van der Waals surface area contributed by atoms with Crippen LogP contribution in [0.1, 0.15) is 23.0 Å². The van der Waals surface area contributed by atoms with Gasteiger partial charge in [-0.1, -0.05) is 13.0 Å². The van der Waals surface area contributed by atoms with Gasteiger partial charge in [0.05, 0.1) is 4.88 Å². The Morgan fingerprint density at radius 3 is 2.65 bits per heavy atom. The SMILES string of the molecule is CCC(=O)NCCN1CCN(C(=O)c2cccs2)CC1. The molecular weight excluding hydrogens is 274 g/mol. The van der Waals surface area contributed by atoms with Crippen molar-refractivity contribution in [3.05, 3.63) is 22.4 Å². The van der Waals surface area contributed by atoms with Gasteiger partial charge in [-0.05, 0) is 11.4 Å². The highest BCUT2D eigenvalue weighted by molar-refractivity contribution is 7.12. The van der Waals surface area contributed by atoms with Crippen LogP contribution in [-0.4, -0.2) is 60.9 Å². The lowest BCUT2D eigenvalue weighted by molar-refractivity contribution is -0.120. The largest absolute Gasteiger partial charge is 0.355 e. The minimum atomic E-state index is 0.0940. The predicted octanol–water partition coefficient (Wildman–Crippen LogP) is 1.03. The normalized spacial score (nSPS) is 16.1. The predicted molar refractivity (Wildman–Crippen MR) is 80.0 cm³/mol. The van der Waals surface area contributed by atoms with E-state index >= 15 is 0 Å². The number of rotatable bonds is 5. The van der Waals surface area contributed by atoms with E-state index in [1.54, 1.807) is 0 Å². The maximum atomic E-state index is 12.2. The third kappa shape index (κ3) is 4.05. The standard InChI is InChI=1S/C14H21N3O2S/c1-2-13(18)15-5-6-16-7-9-17(10-8-16)14(19)12-4-3-11-20-12/h3-4,11H,2,5-10H2,1H3,(H,15,18). The van der Waals surface area contributed by atoms with Crippen LogP contribution in [0.15, 0.2) is 17.5 Å². The van der Waals surface area contributed by atoms with Gasteiger partial charge in [0, 0.05) is 45.7 Å². The average molecular weight is 295 g/mol. The van der Waals surface area contributed by atoms with E-state index in [1.807, 2.05) is 29.3 Å². The van der Waals surface area contributed by atoms with Crippen molar-refractivity contribution in [1.82, 2.24) is 15.1 Å². The molecule has 6 heteroatoms. The lowest BCUT2D eigenvalue weighted by atomic mass is 10.3. The van der Waals surface area contributed by atoms with Crippen molar-refractivity contribution in [3.63, 3.8) is 0 Å². The molecule has 1 saturated heterocycles. The molecule has 2 rings (SSSR count). The van der Waals surface area contributed by atoms with Gasteiger partial charge in [0.1, 0.15) is 0 Å². The van der Waals surface area contributed by atoms with Crippen LogP contribution < -0.4 is 5.32 Å². The molecule has 5 nitrogen and oxygen atoms in total. The molecule has 2 amide bonds. The van der Waals surface area contributed by atoms with E-state index in [-0.39, 0.29) is 11.8 Å². The van der Waals surface area contributed by atoms with Gasteiger partial charge >= 0.3 is 0 Å². The highest BCUT2D eigenvalue weighted by atomic mass is 32.1. The molecule has 0 radical (unpaired) electrons. The van der Waals surface area contributed by atoms with Gasteiger partial charge < -0.3 is 10.2 Å². The second-order valence-electron chi connectivity index (χ2n) is 4.81. The summed E-state index contributed by atoms with van der Waals surface area (Å²) in [5.41, 5.74) is 0. The number of hydrogen-bond donors (Lipinski definition) is 1. The van der Waals surface area contributed by atoms with Crippen molar-refractivity contribution in [3.8, 4) is 0 Å². The van der Waals surface area contributed by atoms with Crippen LogP contribution in [0.4, 0.5) is 0 Å². The Labute approximate surface area is 123 Å². The fourth-order valence-electron chi connectivity index (χ4n) is 2.21. The zero-order valence-corrected chi connectivity index (χ0v) is 12.6. The van der Waals surface area contributed by atoms with Crippen molar-refractivity contribution < 1.29 is 9.59 Å². The summed E-state index contributed by atoms with van der Waals surface area (Å²) in [6.45, 7) is 6.66. The number of amides is 2. The first-order valence-electron chi connectivity index (χ1n) is 7.02. The molecule has 0 saturated carbocycles. The highest BCUT2D eigenvalue weighted by Crippen LogP contribution is 2.13. The summed E-state index contributed by atoms with van der Waals surface area (Å²) < 4.78 is 0. The molecule has 20 heavy (non-hydrogen) atoms. The Bertz CT molecular complexity index is 439. The molecular formula is C14H21N3O2S. The molecule has 110 valence electrons. The third-order valence-electron chi connectivity index (χ3n) is 3.46. The first-order chi connectivity index (χ1) is 9.70. The Balaban J connectivity index is 1.70. The fourth-order valence-corrected chi connectivity index (χ4v) is 2.90. The lowest BCUT2D eigenvalue weighted by Crippen LogP contribution is -2.50. The summed E-state index contributed by atoms with van der Waals surface area (Å²) >= 11 is 1.49. The van der Waals surface area contributed by atoms with Crippen LogP contribution in [0.2, 0.25) is 0 Å². The number of piperazine rings is 1. The molecule has 1 N–H and O–H groups in total. The van der Waals surface area contributed by atoms with Crippen LogP contribution in [-0.2, 0) is 4.79 Å². The number of nitrogens with zero attached hydrogens (tertiary/aromatic N) is 2. The molecule has 1 aliphatic heterocycles. The average Bonchev–Trinajstić information content (AvgIpc) is 3.01. The van der Waals surface area contributed by atoms with Crippen molar-refractivity contribution in [2.24, 2.45) is 0 Å². The topological polar surface area (TPSA) is 52.7 Å². The quantitative estimate of drug-likeness (QED) is 0.883. The fraction of sp³-hybridized carbons (Fsp3) is 0.571. The van der Waals surface area contributed by atoms with E-state index in [1.165, 1.54) is 11.3 Å². The number of hydrogen-bond acceptors (Lipinski definition) is 4. The molecule has 2 heterocycles. The molecule has 1 fully saturated rings. The number of thiophene rings is 1. The summed E-state index contributed by atoms with van der Waals surface area (Å²) in [6, 6.07) is 3.78. The number of carbonyl (C=O) groups is 2. The van der Waals surface area contributed by atoms with Gasteiger partial charge in [0.2, 0.25) is 5.91 Å². The zero-order valence-electron chi connectivity index (χ0n) is 11.8. The summed E-state index contributed by atoms with van der Waals surface area (Å²) in [7, 11) is 0. The first-order valence-corrected chi connectivity index (χ1v) is 7.90. The van der Waals surface area contributed by atoms with Gasteiger partial charge in [0.15, 0.2) is 0 Å². The van der Waals surface area contributed by atoms with Crippen LogP contribution in [0, 0.1) is 0 Å². The van der Waals surface area contributed by atoms with Gasteiger partial charge in [-0.2, -0.15) is 0 Å². The molecule has 1 aliphatic rings.